The number of carbonyl (C=O) groups excluding carboxylic acids is 1. The van der Waals surface area contributed by atoms with Gasteiger partial charge in [-0.05, 0) is 56.0 Å². The van der Waals surface area contributed by atoms with Crippen molar-refractivity contribution in [3.63, 3.8) is 0 Å². The maximum absolute atomic E-state index is 11.3. The molecule has 114 valence electrons. The van der Waals surface area contributed by atoms with Gasteiger partial charge in [0.15, 0.2) is 0 Å². The lowest BCUT2D eigenvalue weighted by atomic mass is 10.1. The second-order valence-electron chi connectivity index (χ2n) is 4.91. The minimum atomic E-state index is -0.203. The van der Waals surface area contributed by atoms with E-state index < -0.39 is 0 Å². The van der Waals surface area contributed by atoms with Crippen LogP contribution in [0.4, 0.5) is 5.69 Å². The van der Waals surface area contributed by atoms with Crippen molar-refractivity contribution in [1.82, 2.24) is 0 Å². The van der Waals surface area contributed by atoms with Gasteiger partial charge in [-0.2, -0.15) is 0 Å². The van der Waals surface area contributed by atoms with Gasteiger partial charge in [0.2, 0.25) is 5.91 Å². The van der Waals surface area contributed by atoms with E-state index in [2.05, 4.69) is 38.7 Å². The fourth-order valence-corrected chi connectivity index (χ4v) is 1.89. The van der Waals surface area contributed by atoms with Gasteiger partial charge in [0, 0.05) is 5.69 Å². The molecule has 3 nitrogen and oxygen atoms in total. The summed E-state index contributed by atoms with van der Waals surface area (Å²) in [4.78, 5) is 11.3. The summed E-state index contributed by atoms with van der Waals surface area (Å²) in [6.07, 6.45) is 6.33. The van der Waals surface area contributed by atoms with E-state index in [4.69, 9.17) is 4.74 Å². The van der Waals surface area contributed by atoms with E-state index in [1.807, 2.05) is 18.2 Å². The maximum atomic E-state index is 11.3. The highest BCUT2D eigenvalue weighted by molar-refractivity contribution is 5.98. The number of hydrogen-bond acceptors (Lipinski definition) is 2. The molecule has 1 N–H and O–H groups in total. The minimum Gasteiger partial charge on any atom is -0.493 e. The molecule has 0 bridgehead atoms. The molecule has 0 aliphatic heterocycles. The molecule has 0 unspecified atom stereocenters. The van der Waals surface area contributed by atoms with E-state index in [1.54, 1.807) is 0 Å². The zero-order valence-electron chi connectivity index (χ0n) is 13.2. The molecule has 0 saturated carbocycles. The van der Waals surface area contributed by atoms with Gasteiger partial charge in [0.1, 0.15) is 5.75 Å². The number of nitrogens with one attached hydrogen (secondary N) is 1. The lowest BCUT2D eigenvalue weighted by Crippen LogP contribution is -2.08. The molecule has 3 heteroatoms. The van der Waals surface area contributed by atoms with Gasteiger partial charge < -0.3 is 10.1 Å². The average Bonchev–Trinajstić information content (AvgIpc) is 2.51. The van der Waals surface area contributed by atoms with Crippen molar-refractivity contribution in [2.75, 3.05) is 11.9 Å². The van der Waals surface area contributed by atoms with Crippen LogP contribution >= 0.6 is 0 Å². The molecule has 1 amide bonds. The van der Waals surface area contributed by atoms with Gasteiger partial charge in [0.05, 0.1) is 6.61 Å². The number of benzene rings is 1. The Labute approximate surface area is 127 Å². The van der Waals surface area contributed by atoms with Crippen LogP contribution in [0.1, 0.15) is 39.2 Å². The molecule has 0 spiro atoms. The predicted octanol–water partition coefficient (Wildman–Crippen LogP) is 4.50. The number of allylic oxidation sites excluding steroid dienone is 1. The maximum Gasteiger partial charge on any atom is 0.247 e. The number of hydrogen-bond donors (Lipinski definition) is 1. The summed E-state index contributed by atoms with van der Waals surface area (Å²) >= 11 is 0. The van der Waals surface area contributed by atoms with Crippen LogP contribution in [0.25, 0.3) is 0 Å². The Bertz CT molecular complexity index is 518. The van der Waals surface area contributed by atoms with Crippen LogP contribution in [0.15, 0.2) is 42.5 Å². The molecule has 0 heterocycles. The SMILES string of the molecule is C=CC(=O)Nc1ccc(OCCC=C(C)CC)c(CC)c1. The van der Waals surface area contributed by atoms with E-state index in [-0.39, 0.29) is 5.91 Å². The second kappa shape index (κ2) is 9.01. The van der Waals surface area contributed by atoms with Crippen molar-refractivity contribution < 1.29 is 9.53 Å². The Morgan fingerprint density at radius 3 is 2.76 bits per heavy atom. The number of anilines is 1. The zero-order chi connectivity index (χ0) is 15.7. The minimum absolute atomic E-state index is 0.203. The summed E-state index contributed by atoms with van der Waals surface area (Å²) in [5.74, 6) is 0.683. The van der Waals surface area contributed by atoms with E-state index in [9.17, 15) is 4.79 Å². The first-order chi connectivity index (χ1) is 10.1. The quantitative estimate of drug-likeness (QED) is 0.434. The lowest BCUT2D eigenvalue weighted by molar-refractivity contribution is -0.111. The molecule has 1 aromatic rings. The van der Waals surface area contributed by atoms with Crippen LogP contribution in [-0.4, -0.2) is 12.5 Å². The molecule has 0 aromatic heterocycles. The fraction of sp³-hybridized carbons (Fsp3) is 0.389. The second-order valence-corrected chi connectivity index (χ2v) is 4.91. The summed E-state index contributed by atoms with van der Waals surface area (Å²) in [5, 5.41) is 2.76. The van der Waals surface area contributed by atoms with Crippen molar-refractivity contribution in [3.8, 4) is 5.75 Å². The van der Waals surface area contributed by atoms with Crippen molar-refractivity contribution in [3.05, 3.63) is 48.1 Å². The third-order valence-electron chi connectivity index (χ3n) is 3.32. The highest BCUT2D eigenvalue weighted by Gasteiger charge is 2.05. The summed E-state index contributed by atoms with van der Waals surface area (Å²) < 4.78 is 5.83. The van der Waals surface area contributed by atoms with Crippen molar-refractivity contribution in [2.24, 2.45) is 0 Å². The monoisotopic (exact) mass is 287 g/mol. The van der Waals surface area contributed by atoms with Gasteiger partial charge in [-0.3, -0.25) is 4.79 Å². The van der Waals surface area contributed by atoms with Crippen molar-refractivity contribution in [1.29, 1.82) is 0 Å². The summed E-state index contributed by atoms with van der Waals surface area (Å²) in [6, 6.07) is 5.71. The van der Waals surface area contributed by atoms with Crippen LogP contribution < -0.4 is 10.1 Å². The van der Waals surface area contributed by atoms with Gasteiger partial charge in [0.25, 0.3) is 0 Å². The summed E-state index contributed by atoms with van der Waals surface area (Å²) in [5.41, 5.74) is 3.25. The fourth-order valence-electron chi connectivity index (χ4n) is 1.89. The van der Waals surface area contributed by atoms with Crippen molar-refractivity contribution >= 4 is 11.6 Å². The first-order valence-electron chi connectivity index (χ1n) is 7.45. The molecule has 21 heavy (non-hydrogen) atoms. The summed E-state index contributed by atoms with van der Waals surface area (Å²) in [7, 11) is 0. The van der Waals surface area contributed by atoms with Crippen LogP contribution in [0.2, 0.25) is 0 Å². The highest BCUT2D eigenvalue weighted by atomic mass is 16.5. The average molecular weight is 287 g/mol. The first-order valence-corrected chi connectivity index (χ1v) is 7.45. The Kier molecular flexibility index (Phi) is 7.30. The molecular weight excluding hydrogens is 262 g/mol. The van der Waals surface area contributed by atoms with Crippen LogP contribution in [0.3, 0.4) is 0 Å². The molecule has 0 atom stereocenters. The lowest BCUT2D eigenvalue weighted by Gasteiger charge is -2.12. The van der Waals surface area contributed by atoms with E-state index >= 15 is 0 Å². The standard InChI is InChI=1S/C18H25NO2/c1-5-14(4)9-8-12-21-17-11-10-16(13-15(17)6-2)19-18(20)7-3/h7,9-11,13H,3,5-6,8,12H2,1-2,4H3,(H,19,20). The third-order valence-corrected chi connectivity index (χ3v) is 3.32. The van der Waals surface area contributed by atoms with E-state index in [0.29, 0.717) is 6.61 Å². The van der Waals surface area contributed by atoms with Gasteiger partial charge in [-0.1, -0.05) is 32.1 Å². The molecule has 0 radical (unpaired) electrons. The summed E-state index contributed by atoms with van der Waals surface area (Å²) in [6.45, 7) is 10.5. The molecule has 1 rings (SSSR count). The zero-order valence-corrected chi connectivity index (χ0v) is 13.2. The van der Waals surface area contributed by atoms with E-state index in [0.717, 1.165) is 36.3 Å². The Morgan fingerprint density at radius 2 is 2.14 bits per heavy atom. The molecule has 0 aliphatic carbocycles. The molecule has 0 fully saturated rings. The molecule has 0 aliphatic rings. The smallest absolute Gasteiger partial charge is 0.247 e. The Morgan fingerprint density at radius 1 is 1.38 bits per heavy atom. The highest BCUT2D eigenvalue weighted by Crippen LogP contribution is 2.23. The normalized spacial score (nSPS) is 11.1. The first kappa shape index (κ1) is 17.0. The number of amides is 1. The van der Waals surface area contributed by atoms with Crippen molar-refractivity contribution in [2.45, 2.75) is 40.0 Å². The van der Waals surface area contributed by atoms with Gasteiger partial charge >= 0.3 is 0 Å². The largest absolute Gasteiger partial charge is 0.493 e. The van der Waals surface area contributed by atoms with Crippen LogP contribution in [0.5, 0.6) is 5.75 Å². The molecule has 1 aromatic carbocycles. The van der Waals surface area contributed by atoms with Gasteiger partial charge in [-0.25, -0.2) is 0 Å². The predicted molar refractivity (Wildman–Crippen MR) is 88.8 cm³/mol. The van der Waals surface area contributed by atoms with Crippen LogP contribution in [0, 0.1) is 0 Å². The number of aryl methyl sites for hydroxylation is 1. The Balaban J connectivity index is 2.66. The number of ether oxygens (including phenoxy) is 1. The van der Waals surface area contributed by atoms with Crippen LogP contribution in [-0.2, 0) is 11.2 Å². The molecule has 0 saturated heterocycles. The number of rotatable bonds is 8. The van der Waals surface area contributed by atoms with Gasteiger partial charge in [-0.15, -0.1) is 0 Å². The topological polar surface area (TPSA) is 38.3 Å². The van der Waals surface area contributed by atoms with E-state index in [1.165, 1.54) is 11.6 Å². The third kappa shape index (κ3) is 5.86. The molecular formula is C18H25NO2. The number of carbonyl (C=O) groups is 1. The Hall–Kier alpha value is -2.03.